The molecule has 1 aliphatic carbocycles. The number of likely N-dealkylation sites (tertiary alicyclic amines) is 1. The van der Waals surface area contributed by atoms with E-state index in [0.29, 0.717) is 11.3 Å². The lowest BCUT2D eigenvalue weighted by atomic mass is 9.83. The van der Waals surface area contributed by atoms with Crippen LogP contribution in [0.25, 0.3) is 0 Å². The second-order valence-corrected chi connectivity index (χ2v) is 9.01. The molecule has 0 spiro atoms. The van der Waals surface area contributed by atoms with Crippen LogP contribution in [-0.4, -0.2) is 35.9 Å². The SMILES string of the molecule is CNC(=O)C1CN(Cc2ccc(OCc3ccc(C4CCCCC4)c(C(F)(F)F)n3)cc2)C1. The summed E-state index contributed by atoms with van der Waals surface area (Å²) in [5.74, 6) is 0.640. The van der Waals surface area contributed by atoms with Crippen molar-refractivity contribution in [3.8, 4) is 5.75 Å². The van der Waals surface area contributed by atoms with Gasteiger partial charge in [0.25, 0.3) is 0 Å². The zero-order chi connectivity index (χ0) is 23.4. The molecular weight excluding hydrogens is 431 g/mol. The van der Waals surface area contributed by atoms with Gasteiger partial charge < -0.3 is 10.1 Å². The highest BCUT2D eigenvalue weighted by Gasteiger charge is 2.37. The summed E-state index contributed by atoms with van der Waals surface area (Å²) in [7, 11) is 1.65. The number of pyridine rings is 1. The second-order valence-electron chi connectivity index (χ2n) is 9.01. The summed E-state index contributed by atoms with van der Waals surface area (Å²) in [6.45, 7) is 2.20. The van der Waals surface area contributed by atoms with Crippen molar-refractivity contribution in [3.63, 3.8) is 0 Å². The van der Waals surface area contributed by atoms with Gasteiger partial charge in [-0.05, 0) is 48.1 Å². The third-order valence-corrected chi connectivity index (χ3v) is 6.59. The molecule has 0 radical (unpaired) electrons. The van der Waals surface area contributed by atoms with E-state index in [9.17, 15) is 18.0 Å². The number of rotatable bonds is 7. The van der Waals surface area contributed by atoms with Crippen LogP contribution in [0.2, 0.25) is 0 Å². The van der Waals surface area contributed by atoms with Crippen molar-refractivity contribution in [2.75, 3.05) is 20.1 Å². The topological polar surface area (TPSA) is 54.5 Å². The average Bonchev–Trinajstić information content (AvgIpc) is 2.80. The van der Waals surface area contributed by atoms with Crippen LogP contribution in [-0.2, 0) is 24.1 Å². The van der Waals surface area contributed by atoms with E-state index in [1.807, 2.05) is 24.3 Å². The molecular formula is C25H30F3N3O2. The molecule has 1 aliphatic heterocycles. The summed E-state index contributed by atoms with van der Waals surface area (Å²) in [4.78, 5) is 17.7. The highest BCUT2D eigenvalue weighted by atomic mass is 19.4. The molecule has 1 aromatic heterocycles. The molecule has 0 atom stereocenters. The van der Waals surface area contributed by atoms with Crippen molar-refractivity contribution in [2.45, 2.75) is 57.3 Å². The maximum absolute atomic E-state index is 13.7. The van der Waals surface area contributed by atoms with Gasteiger partial charge in [-0.25, -0.2) is 4.98 Å². The van der Waals surface area contributed by atoms with Gasteiger partial charge in [-0.2, -0.15) is 13.2 Å². The molecule has 8 heteroatoms. The molecule has 1 amide bonds. The van der Waals surface area contributed by atoms with Crippen molar-refractivity contribution in [1.29, 1.82) is 0 Å². The summed E-state index contributed by atoms with van der Waals surface area (Å²) in [5, 5.41) is 2.67. The third kappa shape index (κ3) is 5.85. The first-order chi connectivity index (χ1) is 15.8. The Hall–Kier alpha value is -2.61. The Morgan fingerprint density at radius 1 is 1.09 bits per heavy atom. The Kier molecular flexibility index (Phi) is 7.22. The highest BCUT2D eigenvalue weighted by Crippen LogP contribution is 2.39. The van der Waals surface area contributed by atoms with Crippen molar-refractivity contribution in [1.82, 2.24) is 15.2 Å². The predicted molar refractivity (Wildman–Crippen MR) is 119 cm³/mol. The van der Waals surface area contributed by atoms with Gasteiger partial charge in [-0.3, -0.25) is 9.69 Å². The van der Waals surface area contributed by atoms with Gasteiger partial charge in [-0.15, -0.1) is 0 Å². The number of aromatic nitrogens is 1. The minimum absolute atomic E-state index is 0.0205. The van der Waals surface area contributed by atoms with E-state index in [0.717, 1.165) is 57.3 Å². The number of halogens is 3. The number of amides is 1. The fourth-order valence-electron chi connectivity index (χ4n) is 4.74. The monoisotopic (exact) mass is 461 g/mol. The van der Waals surface area contributed by atoms with Gasteiger partial charge in [-0.1, -0.05) is 37.5 Å². The Bertz CT molecular complexity index is 950. The van der Waals surface area contributed by atoms with Crippen LogP contribution in [0, 0.1) is 5.92 Å². The maximum atomic E-state index is 13.7. The summed E-state index contributed by atoms with van der Waals surface area (Å²) in [5.41, 5.74) is 0.911. The second kappa shape index (κ2) is 10.1. The van der Waals surface area contributed by atoms with Gasteiger partial charge in [0, 0.05) is 26.7 Å². The maximum Gasteiger partial charge on any atom is 0.433 e. The van der Waals surface area contributed by atoms with E-state index in [4.69, 9.17) is 4.74 Å². The number of carbonyl (C=O) groups excluding carboxylic acids is 1. The number of nitrogens with one attached hydrogen (secondary N) is 1. The van der Waals surface area contributed by atoms with E-state index in [1.54, 1.807) is 19.2 Å². The smallest absolute Gasteiger partial charge is 0.433 e. The number of carbonyl (C=O) groups is 1. The lowest BCUT2D eigenvalue weighted by Crippen LogP contribution is -2.52. The standard InChI is InChI=1S/C25H30F3N3O2/c1-29-24(32)19-14-31(15-19)13-17-7-10-21(11-8-17)33-16-20-9-12-22(18-5-3-2-4-6-18)23(30-20)25(26,27)28/h7-12,18-19H,2-6,13-16H2,1H3,(H,29,32). The Labute approximate surface area is 192 Å². The molecule has 0 bridgehead atoms. The molecule has 2 aromatic rings. The molecule has 2 aliphatic rings. The molecule has 1 saturated carbocycles. The van der Waals surface area contributed by atoms with Crippen molar-refractivity contribution >= 4 is 5.91 Å². The van der Waals surface area contributed by atoms with Gasteiger partial charge in [0.2, 0.25) is 5.91 Å². The average molecular weight is 462 g/mol. The predicted octanol–water partition coefficient (Wildman–Crippen LogP) is 4.90. The molecule has 0 unspecified atom stereocenters. The van der Waals surface area contributed by atoms with Gasteiger partial charge >= 0.3 is 6.18 Å². The van der Waals surface area contributed by atoms with E-state index in [2.05, 4.69) is 15.2 Å². The molecule has 2 fully saturated rings. The summed E-state index contributed by atoms with van der Waals surface area (Å²) < 4.78 is 46.8. The Morgan fingerprint density at radius 3 is 2.42 bits per heavy atom. The van der Waals surface area contributed by atoms with E-state index < -0.39 is 11.9 Å². The lowest BCUT2D eigenvalue weighted by molar-refractivity contribution is -0.142. The van der Waals surface area contributed by atoms with E-state index in [1.165, 1.54) is 0 Å². The lowest BCUT2D eigenvalue weighted by Gasteiger charge is -2.38. The van der Waals surface area contributed by atoms with Crippen LogP contribution < -0.4 is 10.1 Å². The fraction of sp³-hybridized carbons (Fsp3) is 0.520. The zero-order valence-electron chi connectivity index (χ0n) is 18.8. The molecule has 178 valence electrons. The molecule has 33 heavy (non-hydrogen) atoms. The molecule has 1 aromatic carbocycles. The number of ether oxygens (including phenoxy) is 1. The summed E-state index contributed by atoms with van der Waals surface area (Å²) >= 11 is 0. The van der Waals surface area contributed by atoms with E-state index in [-0.39, 0.29) is 30.0 Å². The van der Waals surface area contributed by atoms with Crippen molar-refractivity contribution in [2.24, 2.45) is 5.92 Å². The summed E-state index contributed by atoms with van der Waals surface area (Å²) in [6.07, 6.45) is 0.126. The summed E-state index contributed by atoms with van der Waals surface area (Å²) in [6, 6.07) is 10.7. The number of benzene rings is 1. The fourth-order valence-corrected chi connectivity index (χ4v) is 4.74. The minimum Gasteiger partial charge on any atom is -0.487 e. The quantitative estimate of drug-likeness (QED) is 0.637. The number of alkyl halides is 3. The van der Waals surface area contributed by atoms with Crippen LogP contribution in [0.4, 0.5) is 13.2 Å². The van der Waals surface area contributed by atoms with Crippen LogP contribution >= 0.6 is 0 Å². The first-order valence-electron chi connectivity index (χ1n) is 11.6. The largest absolute Gasteiger partial charge is 0.487 e. The van der Waals surface area contributed by atoms with Gasteiger partial charge in [0.05, 0.1) is 11.6 Å². The van der Waals surface area contributed by atoms with Gasteiger partial charge in [0.1, 0.15) is 18.1 Å². The molecule has 1 saturated heterocycles. The minimum atomic E-state index is -4.47. The van der Waals surface area contributed by atoms with Crippen LogP contribution in [0.5, 0.6) is 5.75 Å². The molecule has 2 heterocycles. The van der Waals surface area contributed by atoms with Crippen LogP contribution in [0.3, 0.4) is 0 Å². The van der Waals surface area contributed by atoms with Crippen LogP contribution in [0.1, 0.15) is 60.5 Å². The first kappa shape index (κ1) is 23.5. The molecule has 1 N–H and O–H groups in total. The molecule has 4 rings (SSSR count). The first-order valence-corrected chi connectivity index (χ1v) is 11.6. The van der Waals surface area contributed by atoms with Crippen molar-refractivity contribution < 1.29 is 22.7 Å². The zero-order valence-corrected chi connectivity index (χ0v) is 18.8. The number of nitrogens with zero attached hydrogens (tertiary/aromatic N) is 2. The normalized spacial score (nSPS) is 18.1. The van der Waals surface area contributed by atoms with Crippen molar-refractivity contribution in [3.05, 3.63) is 58.9 Å². The van der Waals surface area contributed by atoms with Crippen LogP contribution in [0.15, 0.2) is 36.4 Å². The van der Waals surface area contributed by atoms with Gasteiger partial charge in [0.15, 0.2) is 0 Å². The number of hydrogen-bond acceptors (Lipinski definition) is 4. The molecule has 5 nitrogen and oxygen atoms in total. The highest BCUT2D eigenvalue weighted by molar-refractivity contribution is 5.79. The Balaban J connectivity index is 1.34. The van der Waals surface area contributed by atoms with E-state index >= 15 is 0 Å². The number of hydrogen-bond donors (Lipinski definition) is 1. The Morgan fingerprint density at radius 2 is 1.79 bits per heavy atom. The third-order valence-electron chi connectivity index (χ3n) is 6.59.